The molecule has 1 amide bonds. The Labute approximate surface area is 153 Å². The molecule has 0 saturated carbocycles. The second-order valence-electron chi connectivity index (χ2n) is 7.09. The molecule has 1 aliphatic rings. The Morgan fingerprint density at radius 1 is 1.35 bits per heavy atom. The Balaban J connectivity index is 2.05. The normalized spacial score (nSPS) is 18.7. The van der Waals surface area contributed by atoms with Crippen LogP contribution in [0, 0.1) is 12.8 Å². The third-order valence-electron chi connectivity index (χ3n) is 4.23. The zero-order chi connectivity index (χ0) is 19.5. The van der Waals surface area contributed by atoms with Gasteiger partial charge in [0.15, 0.2) is 16.4 Å². The van der Waals surface area contributed by atoms with Crippen molar-refractivity contribution in [3.8, 4) is 5.75 Å². The molecule has 1 saturated heterocycles. The fraction of sp³-hybridized carbons (Fsp3) is 0.556. The van der Waals surface area contributed by atoms with Crippen molar-refractivity contribution in [2.45, 2.75) is 33.2 Å². The summed E-state index contributed by atoms with van der Waals surface area (Å²) in [7, 11) is -3.13. The van der Waals surface area contributed by atoms with Crippen LogP contribution in [-0.2, 0) is 19.4 Å². The van der Waals surface area contributed by atoms with Crippen LogP contribution in [0.2, 0.25) is 0 Å². The maximum atomic E-state index is 12.6. The quantitative estimate of drug-likeness (QED) is 0.748. The number of benzene rings is 1. The molecule has 0 bridgehead atoms. The number of phenols is 1. The molecule has 26 heavy (non-hydrogen) atoms. The van der Waals surface area contributed by atoms with Crippen LogP contribution >= 0.6 is 0 Å². The third-order valence-corrected chi connectivity index (χ3v) is 5.98. The van der Waals surface area contributed by atoms with Gasteiger partial charge in [-0.25, -0.2) is 13.2 Å². The summed E-state index contributed by atoms with van der Waals surface area (Å²) in [6.07, 6.45) is 0.396. The zero-order valence-electron chi connectivity index (χ0n) is 15.3. The van der Waals surface area contributed by atoms with Gasteiger partial charge in [0.05, 0.1) is 11.5 Å². The van der Waals surface area contributed by atoms with Gasteiger partial charge in [-0.1, -0.05) is 25.5 Å². The highest BCUT2D eigenvalue weighted by Gasteiger charge is 2.35. The summed E-state index contributed by atoms with van der Waals surface area (Å²) in [4.78, 5) is 26.2. The lowest BCUT2D eigenvalue weighted by Gasteiger charge is -2.29. The fourth-order valence-corrected chi connectivity index (χ4v) is 4.70. The maximum absolute atomic E-state index is 12.6. The van der Waals surface area contributed by atoms with Crippen molar-refractivity contribution in [2.75, 3.05) is 24.7 Å². The predicted octanol–water partition coefficient (Wildman–Crippen LogP) is 1.53. The average molecular weight is 383 g/mol. The summed E-state index contributed by atoms with van der Waals surface area (Å²) in [5, 5.41) is 9.77. The van der Waals surface area contributed by atoms with Gasteiger partial charge in [-0.15, -0.1) is 0 Å². The number of hydrogen-bond donors (Lipinski definition) is 1. The van der Waals surface area contributed by atoms with E-state index in [2.05, 4.69) is 0 Å². The summed E-state index contributed by atoms with van der Waals surface area (Å²) < 4.78 is 28.5. The van der Waals surface area contributed by atoms with Crippen LogP contribution in [-0.4, -0.2) is 61.0 Å². The van der Waals surface area contributed by atoms with Crippen molar-refractivity contribution in [3.05, 3.63) is 29.3 Å². The van der Waals surface area contributed by atoms with Crippen LogP contribution in [0.4, 0.5) is 0 Å². The van der Waals surface area contributed by atoms with E-state index in [-0.39, 0.29) is 34.8 Å². The number of sulfone groups is 1. The molecule has 0 radical (unpaired) electrons. The van der Waals surface area contributed by atoms with Gasteiger partial charge < -0.3 is 14.7 Å². The minimum atomic E-state index is -3.13. The molecule has 1 aromatic rings. The van der Waals surface area contributed by atoms with Crippen molar-refractivity contribution < 1.29 is 27.9 Å². The minimum Gasteiger partial charge on any atom is -0.507 e. The van der Waals surface area contributed by atoms with Crippen LogP contribution < -0.4 is 0 Å². The van der Waals surface area contributed by atoms with Gasteiger partial charge in [-0.3, -0.25) is 4.79 Å². The number of nitrogens with zero attached hydrogens (tertiary/aromatic N) is 1. The lowest BCUT2D eigenvalue weighted by molar-refractivity contribution is -0.137. The highest BCUT2D eigenvalue weighted by molar-refractivity contribution is 7.91. The van der Waals surface area contributed by atoms with Gasteiger partial charge in [0.25, 0.3) is 5.91 Å². The molecule has 7 nitrogen and oxygen atoms in total. The van der Waals surface area contributed by atoms with E-state index in [0.29, 0.717) is 13.0 Å². The maximum Gasteiger partial charge on any atom is 0.342 e. The van der Waals surface area contributed by atoms with Crippen LogP contribution in [0.1, 0.15) is 36.2 Å². The second kappa shape index (κ2) is 8.07. The molecule has 1 N–H and O–H groups in total. The number of carbonyl (C=O) groups excluding carboxylic acids is 2. The molecule has 0 unspecified atom stereocenters. The monoisotopic (exact) mass is 383 g/mol. The summed E-state index contributed by atoms with van der Waals surface area (Å²) in [5.74, 6) is -1.27. The first-order chi connectivity index (χ1) is 12.1. The molecule has 144 valence electrons. The number of aromatic hydroxyl groups is 1. The Kier molecular flexibility index (Phi) is 6.28. The average Bonchev–Trinajstić information content (AvgIpc) is 2.91. The van der Waals surface area contributed by atoms with Gasteiger partial charge in [0.2, 0.25) is 0 Å². The standard InChI is InChI=1S/C18H25NO6S/c1-12(2)9-19(14-6-7-26(23,24)11-14)17(21)10-25-18(22)15-8-13(3)4-5-16(15)20/h4-5,8,12,14,20H,6-7,9-11H2,1-3H3/t14-/m1/s1. The predicted molar refractivity (Wildman–Crippen MR) is 96.7 cm³/mol. The summed E-state index contributed by atoms with van der Waals surface area (Å²) in [6.45, 7) is 5.54. The highest BCUT2D eigenvalue weighted by Crippen LogP contribution is 2.21. The van der Waals surface area contributed by atoms with E-state index in [0.717, 1.165) is 5.56 Å². The Bertz CT molecular complexity index is 787. The first-order valence-corrected chi connectivity index (χ1v) is 10.4. The molecule has 0 aromatic heterocycles. The molecule has 8 heteroatoms. The number of ether oxygens (including phenoxy) is 1. The lowest BCUT2D eigenvalue weighted by Crippen LogP contribution is -2.45. The van der Waals surface area contributed by atoms with Gasteiger partial charge in [0, 0.05) is 12.6 Å². The molecule has 2 rings (SSSR count). The third kappa shape index (κ3) is 5.20. The molecule has 1 fully saturated rings. The molecule has 0 aliphatic carbocycles. The molecule has 1 aliphatic heterocycles. The van der Waals surface area contributed by atoms with Crippen molar-refractivity contribution in [1.82, 2.24) is 4.90 Å². The van der Waals surface area contributed by atoms with Crippen LogP contribution in [0.15, 0.2) is 18.2 Å². The van der Waals surface area contributed by atoms with Gasteiger partial charge in [-0.05, 0) is 31.4 Å². The minimum absolute atomic E-state index is 0.00310. The summed E-state index contributed by atoms with van der Waals surface area (Å²) in [5.41, 5.74) is 0.773. The van der Waals surface area contributed by atoms with Crippen molar-refractivity contribution in [1.29, 1.82) is 0 Å². The van der Waals surface area contributed by atoms with E-state index in [1.165, 1.54) is 17.0 Å². The number of rotatable bonds is 6. The number of carbonyl (C=O) groups is 2. The highest BCUT2D eigenvalue weighted by atomic mass is 32.2. The number of hydrogen-bond acceptors (Lipinski definition) is 6. The first-order valence-electron chi connectivity index (χ1n) is 8.55. The Morgan fingerprint density at radius 3 is 2.62 bits per heavy atom. The van der Waals surface area contributed by atoms with Crippen molar-refractivity contribution >= 4 is 21.7 Å². The molecule has 1 heterocycles. The largest absolute Gasteiger partial charge is 0.507 e. The topological polar surface area (TPSA) is 101 Å². The van der Waals surface area contributed by atoms with E-state index in [4.69, 9.17) is 4.74 Å². The fourth-order valence-electron chi connectivity index (χ4n) is 2.97. The second-order valence-corrected chi connectivity index (χ2v) is 9.32. The van der Waals surface area contributed by atoms with E-state index < -0.39 is 28.3 Å². The molecular formula is C18H25NO6S. The van der Waals surface area contributed by atoms with Crippen LogP contribution in [0.3, 0.4) is 0 Å². The number of phenolic OH excluding ortho intramolecular Hbond substituents is 1. The Hall–Kier alpha value is -2.09. The molecule has 0 spiro atoms. The molecule has 1 atom stereocenters. The van der Waals surface area contributed by atoms with Gasteiger partial charge in [0.1, 0.15) is 11.3 Å². The van der Waals surface area contributed by atoms with Gasteiger partial charge >= 0.3 is 5.97 Å². The number of esters is 1. The summed E-state index contributed by atoms with van der Waals surface area (Å²) >= 11 is 0. The number of amides is 1. The van der Waals surface area contributed by atoms with E-state index in [1.807, 2.05) is 13.8 Å². The van der Waals surface area contributed by atoms with Crippen molar-refractivity contribution in [3.63, 3.8) is 0 Å². The summed E-state index contributed by atoms with van der Waals surface area (Å²) in [6, 6.07) is 4.14. The first kappa shape index (κ1) is 20.2. The van der Waals surface area contributed by atoms with E-state index in [9.17, 15) is 23.1 Å². The van der Waals surface area contributed by atoms with E-state index in [1.54, 1.807) is 13.0 Å². The van der Waals surface area contributed by atoms with Gasteiger partial charge in [-0.2, -0.15) is 0 Å². The van der Waals surface area contributed by atoms with Crippen LogP contribution in [0.5, 0.6) is 5.75 Å². The SMILES string of the molecule is Cc1ccc(O)c(C(=O)OCC(=O)N(CC(C)C)[C@@H]2CCS(=O)(=O)C2)c1. The van der Waals surface area contributed by atoms with E-state index >= 15 is 0 Å². The molecular weight excluding hydrogens is 358 g/mol. The smallest absolute Gasteiger partial charge is 0.342 e. The Morgan fingerprint density at radius 2 is 2.04 bits per heavy atom. The van der Waals surface area contributed by atoms with Crippen LogP contribution in [0.25, 0.3) is 0 Å². The van der Waals surface area contributed by atoms with Crippen molar-refractivity contribution in [2.24, 2.45) is 5.92 Å². The molecule has 1 aromatic carbocycles. The zero-order valence-corrected chi connectivity index (χ0v) is 16.1. The lowest BCUT2D eigenvalue weighted by atomic mass is 10.1. The number of aryl methyl sites for hydroxylation is 1.